The maximum Gasteiger partial charge on any atom is 0.258 e. The second-order valence-electron chi connectivity index (χ2n) is 7.04. The average molecular weight is 432 g/mol. The Labute approximate surface area is 173 Å². The molecule has 2 unspecified atom stereocenters. The number of methoxy groups -OCH3 is 1. The minimum Gasteiger partial charge on any atom is -0.496 e. The smallest absolute Gasteiger partial charge is 0.258 e. The number of carbonyl (C=O) groups is 1. The number of rotatable bonds is 6. The number of hydrogen-bond acceptors (Lipinski definition) is 5. The molecule has 3 rings (SSSR count). The van der Waals surface area contributed by atoms with Crippen LogP contribution in [-0.4, -0.2) is 68.9 Å². The Morgan fingerprint density at radius 2 is 1.89 bits per heavy atom. The third-order valence-electron chi connectivity index (χ3n) is 5.63. The lowest BCUT2D eigenvalue weighted by molar-refractivity contribution is 0.0676. The van der Waals surface area contributed by atoms with Gasteiger partial charge in [0.2, 0.25) is 10.0 Å². The Balaban J connectivity index is 0.00000280. The molecule has 1 amide bonds. The van der Waals surface area contributed by atoms with Gasteiger partial charge in [0, 0.05) is 31.7 Å². The summed E-state index contributed by atoms with van der Waals surface area (Å²) in [7, 11) is -2.13. The minimum absolute atomic E-state index is 0. The van der Waals surface area contributed by atoms with Gasteiger partial charge in [-0.05, 0) is 44.0 Å². The molecule has 0 radical (unpaired) electrons. The summed E-state index contributed by atoms with van der Waals surface area (Å²) in [5.74, 6) is 0.273. The van der Waals surface area contributed by atoms with Crippen LogP contribution < -0.4 is 10.1 Å². The van der Waals surface area contributed by atoms with Crippen molar-refractivity contribution in [2.24, 2.45) is 0 Å². The van der Waals surface area contributed by atoms with Crippen LogP contribution in [0.25, 0.3) is 0 Å². The van der Waals surface area contributed by atoms with Gasteiger partial charge in [0.05, 0.1) is 17.6 Å². The van der Waals surface area contributed by atoms with Crippen molar-refractivity contribution in [3.63, 3.8) is 0 Å². The third kappa shape index (κ3) is 4.15. The topological polar surface area (TPSA) is 79.0 Å². The molecule has 1 aromatic rings. The Morgan fingerprint density at radius 1 is 1.21 bits per heavy atom. The summed E-state index contributed by atoms with van der Waals surface area (Å²) in [5, 5.41) is 3.38. The van der Waals surface area contributed by atoms with E-state index in [1.165, 1.54) is 23.5 Å². The number of ether oxygens (including phenoxy) is 1. The van der Waals surface area contributed by atoms with E-state index >= 15 is 0 Å². The monoisotopic (exact) mass is 431 g/mol. The zero-order valence-corrected chi connectivity index (χ0v) is 18.3. The fraction of sp³-hybridized carbons (Fsp3) is 0.632. The second-order valence-corrected chi connectivity index (χ2v) is 8.98. The molecule has 2 aliphatic heterocycles. The number of carbonyl (C=O) groups excluding carboxylic acids is 1. The van der Waals surface area contributed by atoms with Crippen molar-refractivity contribution in [2.45, 2.75) is 50.1 Å². The standard InChI is InChI=1S/C19H29N3O4S.ClH/c1-4-21(5-2)27(24,25)16-8-9-18(26-3)17(12-16)19(23)22-14-6-7-15(22)13-20-11-10-14;/h8-9,12,14-15,20H,4-7,10-11,13H2,1-3H3;1H. The van der Waals surface area contributed by atoms with Gasteiger partial charge in [0.25, 0.3) is 5.91 Å². The summed E-state index contributed by atoms with van der Waals surface area (Å²) in [6.07, 6.45) is 2.89. The Hall–Kier alpha value is -1.35. The SMILES string of the molecule is CCN(CC)S(=O)(=O)c1ccc(OC)c(C(=O)N2C3CCNCC2CC3)c1.Cl. The number of fused-ring (bicyclic) bond motifs is 2. The highest BCUT2D eigenvalue weighted by atomic mass is 35.5. The molecule has 2 atom stereocenters. The van der Waals surface area contributed by atoms with Crippen LogP contribution in [0.15, 0.2) is 23.1 Å². The fourth-order valence-corrected chi connectivity index (χ4v) is 5.67. The first-order valence-electron chi connectivity index (χ1n) is 9.65. The highest BCUT2D eigenvalue weighted by Gasteiger charge is 2.39. The predicted molar refractivity (Wildman–Crippen MR) is 111 cm³/mol. The molecule has 1 aromatic carbocycles. The first kappa shape index (κ1) is 22.9. The predicted octanol–water partition coefficient (Wildman–Crippen LogP) is 2.11. The van der Waals surface area contributed by atoms with E-state index in [4.69, 9.17) is 4.74 Å². The lowest BCUT2D eigenvalue weighted by Gasteiger charge is -2.29. The third-order valence-corrected chi connectivity index (χ3v) is 7.68. The molecule has 7 nitrogen and oxygen atoms in total. The van der Waals surface area contributed by atoms with Crippen molar-refractivity contribution in [3.8, 4) is 5.75 Å². The van der Waals surface area contributed by atoms with Crippen LogP contribution in [0.2, 0.25) is 0 Å². The van der Waals surface area contributed by atoms with Gasteiger partial charge in [-0.15, -0.1) is 12.4 Å². The van der Waals surface area contributed by atoms with Crippen molar-refractivity contribution < 1.29 is 17.9 Å². The van der Waals surface area contributed by atoms with Crippen molar-refractivity contribution in [1.29, 1.82) is 0 Å². The van der Waals surface area contributed by atoms with Crippen LogP contribution in [0.1, 0.15) is 43.5 Å². The van der Waals surface area contributed by atoms with Crippen molar-refractivity contribution in [2.75, 3.05) is 33.3 Å². The maximum absolute atomic E-state index is 13.4. The first-order valence-corrected chi connectivity index (χ1v) is 11.1. The Bertz CT molecular complexity index is 784. The Kier molecular flexibility index (Phi) is 7.73. The molecule has 28 heavy (non-hydrogen) atoms. The highest BCUT2D eigenvalue weighted by molar-refractivity contribution is 7.89. The van der Waals surface area contributed by atoms with Gasteiger partial charge < -0.3 is 15.0 Å². The number of halogens is 1. The van der Waals surface area contributed by atoms with Crippen LogP contribution in [0.4, 0.5) is 0 Å². The molecule has 9 heteroatoms. The van der Waals surface area contributed by atoms with Crippen LogP contribution in [-0.2, 0) is 10.0 Å². The molecular weight excluding hydrogens is 402 g/mol. The van der Waals surface area contributed by atoms with E-state index in [-0.39, 0.29) is 35.3 Å². The maximum atomic E-state index is 13.4. The van der Waals surface area contributed by atoms with Gasteiger partial charge in [-0.1, -0.05) is 13.8 Å². The number of nitrogens with one attached hydrogen (secondary N) is 1. The van der Waals surface area contributed by atoms with E-state index in [1.54, 1.807) is 19.9 Å². The zero-order valence-electron chi connectivity index (χ0n) is 16.7. The minimum atomic E-state index is -3.64. The number of hydrogen-bond donors (Lipinski definition) is 1. The van der Waals surface area contributed by atoms with E-state index in [9.17, 15) is 13.2 Å². The largest absolute Gasteiger partial charge is 0.496 e. The number of nitrogens with zero attached hydrogens (tertiary/aromatic N) is 2. The van der Waals surface area contributed by atoms with E-state index in [1.807, 2.05) is 4.90 Å². The molecule has 0 aromatic heterocycles. The molecule has 2 fully saturated rings. The van der Waals surface area contributed by atoms with Gasteiger partial charge in [0.1, 0.15) is 5.75 Å². The summed E-state index contributed by atoms with van der Waals surface area (Å²) in [6, 6.07) is 4.93. The highest BCUT2D eigenvalue weighted by Crippen LogP contribution is 2.33. The fourth-order valence-electron chi connectivity index (χ4n) is 4.18. The lowest BCUT2D eigenvalue weighted by atomic mass is 10.1. The second kappa shape index (κ2) is 9.43. The number of benzene rings is 1. The van der Waals surface area contributed by atoms with Gasteiger partial charge in [-0.3, -0.25) is 4.79 Å². The van der Waals surface area contributed by atoms with Crippen LogP contribution >= 0.6 is 12.4 Å². The molecule has 0 saturated carbocycles. The molecule has 0 aliphatic carbocycles. The molecule has 158 valence electrons. The molecule has 2 aliphatic rings. The number of sulfonamides is 1. The van der Waals surface area contributed by atoms with Crippen LogP contribution in [0.5, 0.6) is 5.75 Å². The van der Waals surface area contributed by atoms with Crippen LogP contribution in [0.3, 0.4) is 0 Å². The number of amides is 1. The lowest BCUT2D eigenvalue weighted by Crippen LogP contribution is -2.42. The molecular formula is C19H30ClN3O4S. The summed E-state index contributed by atoms with van der Waals surface area (Å²) >= 11 is 0. The van der Waals surface area contributed by atoms with Crippen molar-refractivity contribution in [3.05, 3.63) is 23.8 Å². The zero-order chi connectivity index (χ0) is 19.6. The molecule has 2 heterocycles. The summed E-state index contributed by atoms with van der Waals surface area (Å²) in [6.45, 7) is 6.06. The van der Waals surface area contributed by atoms with Gasteiger partial charge in [-0.25, -0.2) is 8.42 Å². The van der Waals surface area contributed by atoms with Gasteiger partial charge >= 0.3 is 0 Å². The van der Waals surface area contributed by atoms with Crippen molar-refractivity contribution in [1.82, 2.24) is 14.5 Å². The molecule has 0 spiro atoms. The summed E-state index contributed by atoms with van der Waals surface area (Å²) < 4.78 is 32.6. The summed E-state index contributed by atoms with van der Waals surface area (Å²) in [5.41, 5.74) is 0.324. The molecule has 1 N–H and O–H groups in total. The van der Waals surface area contributed by atoms with E-state index in [0.29, 0.717) is 24.4 Å². The molecule has 2 saturated heterocycles. The van der Waals surface area contributed by atoms with Crippen molar-refractivity contribution >= 4 is 28.3 Å². The van der Waals surface area contributed by atoms with E-state index in [2.05, 4.69) is 5.32 Å². The molecule has 2 bridgehead atoms. The quantitative estimate of drug-likeness (QED) is 0.746. The first-order chi connectivity index (χ1) is 12.9. The Morgan fingerprint density at radius 3 is 2.54 bits per heavy atom. The van der Waals surface area contributed by atoms with Crippen LogP contribution in [0, 0.1) is 0 Å². The van der Waals surface area contributed by atoms with Gasteiger partial charge in [-0.2, -0.15) is 4.31 Å². The summed E-state index contributed by atoms with van der Waals surface area (Å²) in [4.78, 5) is 15.5. The van der Waals surface area contributed by atoms with E-state index in [0.717, 1.165) is 32.4 Å². The van der Waals surface area contributed by atoms with Gasteiger partial charge in [0.15, 0.2) is 0 Å². The normalized spacial score (nSPS) is 21.9. The van der Waals surface area contributed by atoms with E-state index < -0.39 is 10.0 Å². The average Bonchev–Trinajstić information content (AvgIpc) is 2.93.